The number of nitrogens with one attached hydrogen (secondary N) is 1. The number of rotatable bonds is 8. The van der Waals surface area contributed by atoms with Crippen LogP contribution in [0.15, 0.2) is 45.8 Å². The number of sulfonamides is 1. The van der Waals surface area contributed by atoms with E-state index in [0.717, 1.165) is 15.8 Å². The topological polar surface area (TPSA) is 73.9 Å². The van der Waals surface area contributed by atoms with Crippen LogP contribution in [0.25, 0.3) is 0 Å². The van der Waals surface area contributed by atoms with E-state index in [4.69, 9.17) is 14.2 Å². The molecule has 0 saturated heterocycles. The quantitative estimate of drug-likeness (QED) is 0.697. The molecule has 2 aromatic carbocycles. The molecular weight excluding hydrogens is 410 g/mol. The van der Waals surface area contributed by atoms with E-state index in [0.29, 0.717) is 12.2 Å². The van der Waals surface area contributed by atoms with E-state index >= 15 is 0 Å². The van der Waals surface area contributed by atoms with Crippen molar-refractivity contribution >= 4 is 26.0 Å². The molecule has 8 heteroatoms. The second kappa shape index (κ2) is 8.55. The summed E-state index contributed by atoms with van der Waals surface area (Å²) in [4.78, 5) is 0.0465. The van der Waals surface area contributed by atoms with E-state index in [1.807, 2.05) is 18.2 Å². The van der Waals surface area contributed by atoms with E-state index in [1.165, 1.54) is 20.3 Å². The smallest absolute Gasteiger partial charge is 0.244 e. The van der Waals surface area contributed by atoms with Crippen molar-refractivity contribution in [3.8, 4) is 17.2 Å². The molecule has 0 saturated carbocycles. The fraction of sp³-hybridized carbons (Fsp3) is 0.294. The predicted molar refractivity (Wildman–Crippen MR) is 99.1 cm³/mol. The van der Waals surface area contributed by atoms with Crippen molar-refractivity contribution < 1.29 is 22.6 Å². The van der Waals surface area contributed by atoms with Crippen molar-refractivity contribution in [1.29, 1.82) is 0 Å². The molecule has 0 aliphatic rings. The molecule has 0 fully saturated rings. The first-order chi connectivity index (χ1) is 11.9. The zero-order chi connectivity index (χ0) is 18.4. The van der Waals surface area contributed by atoms with E-state index in [-0.39, 0.29) is 17.2 Å². The molecule has 0 radical (unpaired) electrons. The molecule has 0 atom stereocenters. The lowest BCUT2D eigenvalue weighted by atomic mass is 10.1. The molecule has 0 amide bonds. The van der Waals surface area contributed by atoms with Gasteiger partial charge in [0.05, 0.1) is 25.8 Å². The highest BCUT2D eigenvalue weighted by Gasteiger charge is 2.20. The number of ether oxygens (including phenoxy) is 3. The van der Waals surface area contributed by atoms with E-state index < -0.39 is 10.0 Å². The molecule has 0 aliphatic carbocycles. The van der Waals surface area contributed by atoms with Crippen molar-refractivity contribution in [2.24, 2.45) is 0 Å². The molecule has 0 heterocycles. The van der Waals surface area contributed by atoms with Gasteiger partial charge in [0.25, 0.3) is 0 Å². The van der Waals surface area contributed by atoms with Crippen LogP contribution in [-0.2, 0) is 16.4 Å². The summed E-state index contributed by atoms with van der Waals surface area (Å²) in [6.07, 6.45) is 0.536. The van der Waals surface area contributed by atoms with Crippen molar-refractivity contribution in [3.05, 3.63) is 46.4 Å². The number of hydrogen-bond donors (Lipinski definition) is 1. The van der Waals surface area contributed by atoms with Crippen molar-refractivity contribution in [1.82, 2.24) is 4.72 Å². The van der Waals surface area contributed by atoms with Crippen molar-refractivity contribution in [2.45, 2.75) is 11.3 Å². The first kappa shape index (κ1) is 19.6. The zero-order valence-electron chi connectivity index (χ0n) is 14.2. The highest BCUT2D eigenvalue weighted by Crippen LogP contribution is 2.28. The highest BCUT2D eigenvalue weighted by atomic mass is 79.9. The Morgan fingerprint density at radius 2 is 1.64 bits per heavy atom. The fourth-order valence-electron chi connectivity index (χ4n) is 2.27. The minimum absolute atomic E-state index is 0.0465. The zero-order valence-corrected chi connectivity index (χ0v) is 16.6. The number of methoxy groups -OCH3 is 3. The molecule has 0 bridgehead atoms. The Hall–Kier alpha value is -1.77. The third-order valence-corrected chi connectivity index (χ3v) is 5.68. The third kappa shape index (κ3) is 4.87. The van der Waals surface area contributed by atoms with Gasteiger partial charge in [0, 0.05) is 12.6 Å². The second-order valence-corrected chi connectivity index (χ2v) is 7.72. The Kier molecular flexibility index (Phi) is 6.69. The summed E-state index contributed by atoms with van der Waals surface area (Å²) in [6.45, 7) is 0.251. The van der Waals surface area contributed by atoms with Gasteiger partial charge in [-0.15, -0.1) is 0 Å². The summed E-state index contributed by atoms with van der Waals surface area (Å²) >= 11 is 3.42. The van der Waals surface area contributed by atoms with Gasteiger partial charge in [-0.05, 0) is 52.2 Å². The lowest BCUT2D eigenvalue weighted by Gasteiger charge is -2.12. The fourth-order valence-corrected chi connectivity index (χ4v) is 4.07. The second-order valence-electron chi connectivity index (χ2n) is 5.13. The van der Waals surface area contributed by atoms with Crippen LogP contribution in [0, 0.1) is 0 Å². The Labute approximate surface area is 156 Å². The molecule has 6 nitrogen and oxygen atoms in total. The molecule has 25 heavy (non-hydrogen) atoms. The largest absolute Gasteiger partial charge is 0.497 e. The standard InChI is InChI=1S/C17H20BrNO5S/c1-22-13-5-7-16(24-3)17(11-13)25(20,21)19-9-8-12-4-6-15(23-2)14(18)10-12/h4-7,10-11,19H,8-9H2,1-3H3. The SMILES string of the molecule is COc1ccc(OC)c(S(=O)(=O)NCCc2ccc(OC)c(Br)c2)c1. The van der Waals surface area contributed by atoms with Gasteiger partial charge in [0.2, 0.25) is 10.0 Å². The molecule has 0 aromatic heterocycles. The molecule has 1 N–H and O–H groups in total. The van der Waals surface area contributed by atoms with Crippen molar-refractivity contribution in [2.75, 3.05) is 27.9 Å². The lowest BCUT2D eigenvalue weighted by molar-refractivity contribution is 0.392. The van der Waals surface area contributed by atoms with Gasteiger partial charge in [0.15, 0.2) is 0 Å². The summed E-state index contributed by atoms with van der Waals surface area (Å²) in [5, 5.41) is 0. The van der Waals surface area contributed by atoms with Gasteiger partial charge in [-0.25, -0.2) is 13.1 Å². The Morgan fingerprint density at radius 1 is 0.960 bits per heavy atom. The Bertz CT molecular complexity index is 839. The van der Waals surface area contributed by atoms with E-state index in [9.17, 15) is 8.42 Å². The summed E-state index contributed by atoms with van der Waals surface area (Å²) in [5.41, 5.74) is 0.980. The maximum absolute atomic E-state index is 12.6. The first-order valence-electron chi connectivity index (χ1n) is 7.45. The molecule has 0 spiro atoms. The summed E-state index contributed by atoms with van der Waals surface area (Å²) < 4.78 is 44.0. The van der Waals surface area contributed by atoms with Crippen LogP contribution in [0.2, 0.25) is 0 Å². The summed E-state index contributed by atoms with van der Waals surface area (Å²) in [7, 11) is 0.778. The third-order valence-electron chi connectivity index (χ3n) is 3.58. The van der Waals surface area contributed by atoms with E-state index in [1.54, 1.807) is 19.2 Å². The van der Waals surface area contributed by atoms with E-state index in [2.05, 4.69) is 20.7 Å². The van der Waals surface area contributed by atoms with Crippen LogP contribution >= 0.6 is 15.9 Å². The van der Waals surface area contributed by atoms with Gasteiger partial charge in [0.1, 0.15) is 22.1 Å². The maximum Gasteiger partial charge on any atom is 0.244 e. The normalized spacial score (nSPS) is 11.2. The minimum atomic E-state index is -3.72. The molecule has 0 unspecified atom stereocenters. The maximum atomic E-state index is 12.6. The van der Waals surface area contributed by atoms with Gasteiger partial charge in [-0.1, -0.05) is 6.07 Å². The number of benzene rings is 2. The van der Waals surface area contributed by atoms with Crippen LogP contribution in [0.5, 0.6) is 17.2 Å². The Balaban J connectivity index is 2.10. The van der Waals surface area contributed by atoms with Gasteiger partial charge >= 0.3 is 0 Å². The molecule has 2 rings (SSSR count). The predicted octanol–water partition coefficient (Wildman–Crippen LogP) is 3.00. The Morgan fingerprint density at radius 3 is 2.24 bits per heavy atom. The number of hydrogen-bond acceptors (Lipinski definition) is 5. The minimum Gasteiger partial charge on any atom is -0.497 e. The van der Waals surface area contributed by atoms with Gasteiger partial charge in [-0.3, -0.25) is 0 Å². The average Bonchev–Trinajstić information content (AvgIpc) is 2.61. The molecular formula is C17H20BrNO5S. The van der Waals surface area contributed by atoms with Crippen LogP contribution in [0.4, 0.5) is 0 Å². The molecule has 136 valence electrons. The van der Waals surface area contributed by atoms with Gasteiger partial charge in [-0.2, -0.15) is 0 Å². The lowest BCUT2D eigenvalue weighted by Crippen LogP contribution is -2.26. The van der Waals surface area contributed by atoms with Crippen LogP contribution in [0.3, 0.4) is 0 Å². The summed E-state index contributed by atoms with van der Waals surface area (Å²) in [6, 6.07) is 10.3. The van der Waals surface area contributed by atoms with Gasteiger partial charge < -0.3 is 14.2 Å². The van der Waals surface area contributed by atoms with Crippen LogP contribution in [0.1, 0.15) is 5.56 Å². The highest BCUT2D eigenvalue weighted by molar-refractivity contribution is 9.10. The van der Waals surface area contributed by atoms with Crippen LogP contribution in [-0.4, -0.2) is 36.3 Å². The van der Waals surface area contributed by atoms with Crippen LogP contribution < -0.4 is 18.9 Å². The monoisotopic (exact) mass is 429 g/mol. The summed E-state index contributed by atoms with van der Waals surface area (Å²) in [5.74, 6) is 1.44. The molecule has 2 aromatic rings. The van der Waals surface area contributed by atoms with Crippen molar-refractivity contribution in [3.63, 3.8) is 0 Å². The first-order valence-corrected chi connectivity index (χ1v) is 9.73. The molecule has 0 aliphatic heterocycles. The average molecular weight is 430 g/mol. The number of halogens is 1.